The van der Waals surface area contributed by atoms with Gasteiger partial charge in [0.05, 0.1) is 28.3 Å². The zero-order valence-electron chi connectivity index (χ0n) is 14.3. The molecule has 1 atom stereocenters. The molecule has 0 spiro atoms. The molecule has 26 heavy (non-hydrogen) atoms. The Hall–Kier alpha value is -2.52. The van der Waals surface area contributed by atoms with Gasteiger partial charge in [-0.15, -0.1) is 0 Å². The number of rotatable bonds is 4. The van der Waals surface area contributed by atoms with Crippen LogP contribution in [0.5, 0.6) is 0 Å². The van der Waals surface area contributed by atoms with Crippen molar-refractivity contribution < 1.29 is 9.90 Å². The third-order valence-corrected chi connectivity index (χ3v) is 5.10. The summed E-state index contributed by atoms with van der Waals surface area (Å²) >= 11 is 7.30. The molecule has 10 heteroatoms. The number of hydrogen-bond donors (Lipinski definition) is 2. The first-order chi connectivity index (χ1) is 12.3. The Kier molecular flexibility index (Phi) is 4.92. The molecule has 3 aromatic rings. The molecule has 0 aliphatic rings. The highest BCUT2D eigenvalue weighted by atomic mass is 35.5. The molecule has 8 nitrogen and oxygen atoms in total. The van der Waals surface area contributed by atoms with Crippen LogP contribution in [0.15, 0.2) is 29.7 Å². The van der Waals surface area contributed by atoms with Gasteiger partial charge in [0.2, 0.25) is 0 Å². The monoisotopic (exact) mass is 392 g/mol. The van der Waals surface area contributed by atoms with Crippen molar-refractivity contribution in [3.63, 3.8) is 0 Å². The molecule has 0 fully saturated rings. The molecule has 0 saturated carbocycles. The summed E-state index contributed by atoms with van der Waals surface area (Å²) < 4.78 is 1.85. The Morgan fingerprint density at radius 2 is 2.15 bits per heavy atom. The van der Waals surface area contributed by atoms with Crippen LogP contribution in [0.3, 0.4) is 0 Å². The summed E-state index contributed by atoms with van der Waals surface area (Å²) in [5.41, 5.74) is 7.92. The van der Waals surface area contributed by atoms with E-state index in [-0.39, 0.29) is 10.4 Å². The highest BCUT2D eigenvalue weighted by Gasteiger charge is 2.18. The van der Waals surface area contributed by atoms with Crippen LogP contribution in [0.25, 0.3) is 10.9 Å². The van der Waals surface area contributed by atoms with Crippen LogP contribution >= 0.6 is 23.4 Å². The Labute approximate surface area is 159 Å². The number of carbonyl (C=O) groups is 1. The van der Waals surface area contributed by atoms with Crippen molar-refractivity contribution in [1.82, 2.24) is 19.5 Å². The van der Waals surface area contributed by atoms with Crippen molar-refractivity contribution in [2.75, 3.05) is 17.7 Å². The normalized spacial score (nSPS) is 12.3. The van der Waals surface area contributed by atoms with Crippen molar-refractivity contribution in [3.8, 4) is 0 Å². The van der Waals surface area contributed by atoms with E-state index in [4.69, 9.17) is 17.3 Å². The molecule has 0 saturated heterocycles. The molecule has 3 N–H and O–H groups in total. The maximum Gasteiger partial charge on any atom is 0.411 e. The van der Waals surface area contributed by atoms with Gasteiger partial charge in [-0.1, -0.05) is 23.4 Å². The van der Waals surface area contributed by atoms with Gasteiger partial charge in [0.1, 0.15) is 11.0 Å². The number of pyridine rings is 1. The van der Waals surface area contributed by atoms with E-state index >= 15 is 0 Å². The van der Waals surface area contributed by atoms with E-state index in [1.165, 1.54) is 29.8 Å². The number of amides is 1. The number of nitrogen functional groups attached to an aromatic ring is 1. The number of halogens is 1. The Bertz CT molecular complexity index is 972. The number of nitrogens with two attached hydrogens (primary N) is 1. The van der Waals surface area contributed by atoms with Crippen LogP contribution in [-0.2, 0) is 7.05 Å². The zero-order valence-corrected chi connectivity index (χ0v) is 15.9. The first-order valence-corrected chi connectivity index (χ1v) is 8.90. The number of carboxylic acid groups (broad SMARTS) is 1. The van der Waals surface area contributed by atoms with Crippen LogP contribution in [0.4, 0.5) is 16.3 Å². The molecule has 3 aromatic heterocycles. The summed E-state index contributed by atoms with van der Waals surface area (Å²) in [6, 6.07) is 3.37. The maximum absolute atomic E-state index is 11.3. The van der Waals surface area contributed by atoms with Crippen molar-refractivity contribution >= 4 is 51.9 Å². The lowest BCUT2D eigenvalue weighted by molar-refractivity contribution is 0.203. The number of aromatic nitrogens is 4. The van der Waals surface area contributed by atoms with E-state index in [1.807, 2.05) is 24.6 Å². The molecule has 3 heterocycles. The van der Waals surface area contributed by atoms with Gasteiger partial charge >= 0.3 is 6.09 Å². The molecular formula is C16H17ClN6O2S. The van der Waals surface area contributed by atoms with Gasteiger partial charge in [-0.2, -0.15) is 0 Å². The molecule has 1 amide bonds. The molecule has 0 radical (unpaired) electrons. The number of nitrogens with zero attached hydrogens (tertiary/aromatic N) is 5. The molecule has 0 bridgehead atoms. The highest BCUT2D eigenvalue weighted by molar-refractivity contribution is 7.99. The predicted octanol–water partition coefficient (Wildman–Crippen LogP) is 3.57. The molecule has 3 rings (SSSR count). The number of aryl methyl sites for hydroxylation is 1. The second-order valence-electron chi connectivity index (χ2n) is 5.75. The van der Waals surface area contributed by atoms with Crippen molar-refractivity contribution in [3.05, 3.63) is 35.4 Å². The summed E-state index contributed by atoms with van der Waals surface area (Å²) in [4.78, 5) is 25.3. The van der Waals surface area contributed by atoms with Crippen molar-refractivity contribution in [2.45, 2.75) is 17.3 Å². The Morgan fingerprint density at radius 3 is 2.81 bits per heavy atom. The number of anilines is 2. The largest absolute Gasteiger partial charge is 0.465 e. The predicted molar refractivity (Wildman–Crippen MR) is 103 cm³/mol. The minimum Gasteiger partial charge on any atom is -0.465 e. The molecule has 0 aromatic carbocycles. The average molecular weight is 393 g/mol. The molecule has 0 aliphatic carbocycles. The fraction of sp³-hybridized carbons (Fsp3) is 0.250. The van der Waals surface area contributed by atoms with Crippen LogP contribution in [0, 0.1) is 0 Å². The van der Waals surface area contributed by atoms with E-state index < -0.39 is 6.09 Å². The van der Waals surface area contributed by atoms with E-state index in [0.29, 0.717) is 16.7 Å². The second-order valence-corrected chi connectivity index (χ2v) is 7.45. The standard InChI is InChI=1S/C16H17ClN6O2S/c1-8(26-15-20-13(17)5-14(18)21-15)10-4-9-11(6-19-10)22(2)7-12(9)23(3)16(24)25/h4-8H,1-3H3,(H,24,25)(H2,18,20,21). The third-order valence-electron chi connectivity index (χ3n) is 3.92. The van der Waals surface area contributed by atoms with E-state index in [0.717, 1.165) is 16.6 Å². The lowest BCUT2D eigenvalue weighted by Gasteiger charge is -2.13. The van der Waals surface area contributed by atoms with Crippen molar-refractivity contribution in [2.24, 2.45) is 7.05 Å². The summed E-state index contributed by atoms with van der Waals surface area (Å²) in [6.45, 7) is 1.96. The van der Waals surface area contributed by atoms with Gasteiger partial charge in [0.25, 0.3) is 0 Å². The number of hydrogen-bond acceptors (Lipinski definition) is 6. The topological polar surface area (TPSA) is 110 Å². The Morgan fingerprint density at radius 1 is 1.42 bits per heavy atom. The van der Waals surface area contributed by atoms with E-state index in [9.17, 15) is 9.90 Å². The van der Waals surface area contributed by atoms with Crippen LogP contribution in [-0.4, -0.2) is 37.8 Å². The summed E-state index contributed by atoms with van der Waals surface area (Å²) in [5.74, 6) is 0.302. The van der Waals surface area contributed by atoms with Gasteiger partial charge < -0.3 is 15.4 Å². The minimum absolute atomic E-state index is 0.0829. The van der Waals surface area contributed by atoms with Gasteiger partial charge in [-0.3, -0.25) is 9.88 Å². The maximum atomic E-state index is 11.3. The molecular weight excluding hydrogens is 376 g/mol. The summed E-state index contributed by atoms with van der Waals surface area (Å²) in [6.07, 6.45) is 2.47. The van der Waals surface area contributed by atoms with Gasteiger partial charge in [0, 0.05) is 31.7 Å². The Balaban J connectivity index is 1.97. The van der Waals surface area contributed by atoms with Crippen molar-refractivity contribution in [1.29, 1.82) is 0 Å². The first-order valence-electron chi connectivity index (χ1n) is 7.64. The summed E-state index contributed by atoms with van der Waals surface area (Å²) in [5, 5.41) is 10.7. The van der Waals surface area contributed by atoms with Gasteiger partial charge in [-0.25, -0.2) is 14.8 Å². The van der Waals surface area contributed by atoms with Crippen LogP contribution in [0.2, 0.25) is 5.15 Å². The fourth-order valence-corrected chi connectivity index (χ4v) is 3.67. The van der Waals surface area contributed by atoms with E-state index in [1.54, 1.807) is 12.4 Å². The number of thioether (sulfide) groups is 1. The lowest BCUT2D eigenvalue weighted by atomic mass is 10.2. The minimum atomic E-state index is -1.03. The average Bonchev–Trinajstić information content (AvgIpc) is 2.89. The zero-order chi connectivity index (χ0) is 19.0. The quantitative estimate of drug-likeness (QED) is 0.396. The van der Waals surface area contributed by atoms with Gasteiger partial charge in [0.15, 0.2) is 5.16 Å². The molecule has 136 valence electrons. The SMILES string of the molecule is CC(Sc1nc(N)cc(Cl)n1)c1cc2c(N(C)C(=O)O)cn(C)c2cn1. The van der Waals surface area contributed by atoms with Gasteiger partial charge in [-0.05, 0) is 13.0 Å². The highest BCUT2D eigenvalue weighted by Crippen LogP contribution is 2.36. The smallest absolute Gasteiger partial charge is 0.411 e. The van der Waals surface area contributed by atoms with E-state index in [2.05, 4.69) is 15.0 Å². The molecule has 0 aliphatic heterocycles. The fourth-order valence-electron chi connectivity index (χ4n) is 2.55. The lowest BCUT2D eigenvalue weighted by Crippen LogP contribution is -2.23. The number of fused-ring (bicyclic) bond motifs is 1. The first kappa shape index (κ1) is 18.3. The van der Waals surface area contributed by atoms with Crippen LogP contribution in [0.1, 0.15) is 17.9 Å². The van der Waals surface area contributed by atoms with Crippen LogP contribution < -0.4 is 10.6 Å². The molecule has 1 unspecified atom stereocenters. The summed E-state index contributed by atoms with van der Waals surface area (Å²) in [7, 11) is 3.36. The second kappa shape index (κ2) is 7.00. The third kappa shape index (κ3) is 3.54.